The average Bonchev–Trinajstić information content (AvgIpc) is 2.75. The van der Waals surface area contributed by atoms with Gasteiger partial charge in [-0.3, -0.25) is 0 Å². The maximum absolute atomic E-state index is 14.7. The Bertz CT molecular complexity index is 1130. The fourth-order valence-electron chi connectivity index (χ4n) is 2.91. The van der Waals surface area contributed by atoms with Gasteiger partial charge in [0.05, 0.1) is 17.0 Å². The summed E-state index contributed by atoms with van der Waals surface area (Å²) in [5.41, 5.74) is 2.22. The Balaban J connectivity index is 1.97. The molecular formula is C23H13F2N3. The van der Waals surface area contributed by atoms with E-state index in [2.05, 4.69) is 9.97 Å². The average molecular weight is 369 g/mol. The molecule has 0 aliphatic carbocycles. The normalized spacial score (nSPS) is 10.5. The molecule has 134 valence electrons. The second kappa shape index (κ2) is 7.37. The monoisotopic (exact) mass is 369 g/mol. The first-order valence-corrected chi connectivity index (χ1v) is 8.56. The Labute approximate surface area is 160 Å². The summed E-state index contributed by atoms with van der Waals surface area (Å²) in [7, 11) is 0. The quantitative estimate of drug-likeness (QED) is 0.470. The smallest absolute Gasteiger partial charge is 0.163 e. The van der Waals surface area contributed by atoms with Gasteiger partial charge in [0.1, 0.15) is 17.4 Å². The molecule has 0 bridgehead atoms. The Morgan fingerprint density at radius 2 is 1.25 bits per heavy atom. The van der Waals surface area contributed by atoms with Gasteiger partial charge in [-0.05, 0) is 18.2 Å². The van der Waals surface area contributed by atoms with E-state index in [1.54, 1.807) is 6.07 Å². The molecule has 3 aromatic carbocycles. The summed E-state index contributed by atoms with van der Waals surface area (Å²) in [5.74, 6) is -1.79. The lowest BCUT2D eigenvalue weighted by atomic mass is 10.1. The third-order valence-electron chi connectivity index (χ3n) is 4.31. The molecule has 1 heterocycles. The molecule has 4 rings (SSSR count). The topological polar surface area (TPSA) is 49.6 Å². The van der Waals surface area contributed by atoms with Crippen molar-refractivity contribution in [2.24, 2.45) is 0 Å². The number of aromatic nitrogens is 2. The third kappa shape index (κ3) is 3.24. The maximum Gasteiger partial charge on any atom is 0.163 e. The SMILES string of the molecule is N#Cc1c(F)ccc(-c2nc(-c3ccccc3)cc(-c3ccccc3)n2)c1F. The predicted molar refractivity (Wildman–Crippen MR) is 103 cm³/mol. The molecule has 5 heteroatoms. The van der Waals surface area contributed by atoms with Crippen molar-refractivity contribution in [3.63, 3.8) is 0 Å². The number of hydrogen-bond acceptors (Lipinski definition) is 3. The van der Waals surface area contributed by atoms with Gasteiger partial charge >= 0.3 is 0 Å². The fourth-order valence-corrected chi connectivity index (χ4v) is 2.91. The molecule has 0 N–H and O–H groups in total. The first-order chi connectivity index (χ1) is 13.7. The second-order valence-corrected chi connectivity index (χ2v) is 6.09. The van der Waals surface area contributed by atoms with Crippen molar-refractivity contribution in [2.75, 3.05) is 0 Å². The van der Waals surface area contributed by atoms with Crippen LogP contribution in [-0.4, -0.2) is 9.97 Å². The van der Waals surface area contributed by atoms with Gasteiger partial charge in [-0.15, -0.1) is 0 Å². The molecule has 1 aromatic heterocycles. The van der Waals surface area contributed by atoms with E-state index in [-0.39, 0.29) is 11.4 Å². The fraction of sp³-hybridized carbons (Fsp3) is 0. The number of nitriles is 1. The number of hydrogen-bond donors (Lipinski definition) is 0. The molecular weight excluding hydrogens is 356 g/mol. The predicted octanol–water partition coefficient (Wildman–Crippen LogP) is 5.63. The molecule has 0 amide bonds. The van der Waals surface area contributed by atoms with Crippen LogP contribution in [0.5, 0.6) is 0 Å². The molecule has 28 heavy (non-hydrogen) atoms. The molecule has 0 aliphatic heterocycles. The number of benzene rings is 3. The highest BCUT2D eigenvalue weighted by atomic mass is 19.1. The molecule has 0 aliphatic rings. The first kappa shape index (κ1) is 17.5. The van der Waals surface area contributed by atoms with E-state index in [4.69, 9.17) is 5.26 Å². The van der Waals surface area contributed by atoms with E-state index in [0.29, 0.717) is 11.4 Å². The van der Waals surface area contributed by atoms with Crippen LogP contribution in [0.2, 0.25) is 0 Å². The van der Waals surface area contributed by atoms with Gasteiger partial charge in [-0.1, -0.05) is 60.7 Å². The van der Waals surface area contributed by atoms with Gasteiger partial charge in [-0.25, -0.2) is 18.7 Å². The standard InChI is InChI=1S/C23H13F2N3/c24-19-12-11-17(22(25)18(19)14-26)23-27-20(15-7-3-1-4-8-15)13-21(28-23)16-9-5-2-6-10-16/h1-13H. The van der Waals surface area contributed by atoms with Crippen molar-refractivity contribution in [2.45, 2.75) is 0 Å². The van der Waals surface area contributed by atoms with Crippen molar-refractivity contribution in [1.29, 1.82) is 5.26 Å². The van der Waals surface area contributed by atoms with Gasteiger partial charge in [0.25, 0.3) is 0 Å². The molecule has 0 unspecified atom stereocenters. The third-order valence-corrected chi connectivity index (χ3v) is 4.31. The Hall–Kier alpha value is -3.91. The van der Waals surface area contributed by atoms with Crippen LogP contribution in [0.1, 0.15) is 5.56 Å². The van der Waals surface area contributed by atoms with Gasteiger partial charge < -0.3 is 0 Å². The summed E-state index contributed by atoms with van der Waals surface area (Å²) < 4.78 is 28.5. The summed E-state index contributed by atoms with van der Waals surface area (Å²) in [6, 6.07) is 24.6. The van der Waals surface area contributed by atoms with Crippen LogP contribution < -0.4 is 0 Å². The van der Waals surface area contributed by atoms with Crippen molar-refractivity contribution in [3.8, 4) is 40.0 Å². The molecule has 3 nitrogen and oxygen atoms in total. The minimum absolute atomic E-state index is 0.0205. The van der Waals surface area contributed by atoms with Crippen LogP contribution in [0.25, 0.3) is 33.9 Å². The summed E-state index contributed by atoms with van der Waals surface area (Å²) in [6.07, 6.45) is 0. The van der Waals surface area contributed by atoms with Gasteiger partial charge in [-0.2, -0.15) is 5.26 Å². The van der Waals surface area contributed by atoms with Crippen molar-refractivity contribution in [1.82, 2.24) is 9.97 Å². The van der Waals surface area contributed by atoms with E-state index in [1.807, 2.05) is 66.7 Å². The lowest BCUT2D eigenvalue weighted by molar-refractivity contribution is 0.578. The number of nitrogens with zero attached hydrogens (tertiary/aromatic N) is 3. The molecule has 0 radical (unpaired) electrons. The minimum atomic E-state index is -0.966. The maximum atomic E-state index is 14.7. The van der Waals surface area contributed by atoms with E-state index in [1.165, 1.54) is 6.07 Å². The summed E-state index contributed by atoms with van der Waals surface area (Å²) in [5, 5.41) is 9.06. The van der Waals surface area contributed by atoms with Crippen molar-refractivity contribution in [3.05, 3.63) is 96.1 Å². The van der Waals surface area contributed by atoms with Crippen LogP contribution >= 0.6 is 0 Å². The zero-order valence-electron chi connectivity index (χ0n) is 14.6. The largest absolute Gasteiger partial charge is 0.228 e. The summed E-state index contributed by atoms with van der Waals surface area (Å²) in [6.45, 7) is 0. The van der Waals surface area contributed by atoms with Crippen LogP contribution in [0, 0.1) is 23.0 Å². The van der Waals surface area contributed by atoms with Crippen molar-refractivity contribution >= 4 is 0 Å². The van der Waals surface area contributed by atoms with Crippen LogP contribution in [0.15, 0.2) is 78.9 Å². The van der Waals surface area contributed by atoms with E-state index in [0.717, 1.165) is 17.2 Å². The lowest BCUT2D eigenvalue weighted by Gasteiger charge is -2.10. The molecule has 0 atom stereocenters. The first-order valence-electron chi connectivity index (χ1n) is 8.56. The zero-order chi connectivity index (χ0) is 19.5. The van der Waals surface area contributed by atoms with Gasteiger partial charge in [0.15, 0.2) is 11.6 Å². The van der Waals surface area contributed by atoms with Gasteiger partial charge in [0.2, 0.25) is 0 Å². The highest BCUT2D eigenvalue weighted by molar-refractivity contribution is 5.72. The Morgan fingerprint density at radius 1 is 0.714 bits per heavy atom. The zero-order valence-corrected chi connectivity index (χ0v) is 14.6. The van der Waals surface area contributed by atoms with Crippen LogP contribution in [0.4, 0.5) is 8.78 Å². The van der Waals surface area contributed by atoms with E-state index >= 15 is 0 Å². The molecule has 0 fully saturated rings. The van der Waals surface area contributed by atoms with E-state index < -0.39 is 17.2 Å². The Kier molecular flexibility index (Phi) is 4.61. The highest BCUT2D eigenvalue weighted by Gasteiger charge is 2.18. The molecule has 0 saturated carbocycles. The summed E-state index contributed by atoms with van der Waals surface area (Å²) in [4.78, 5) is 8.96. The number of rotatable bonds is 3. The number of halogens is 2. The molecule has 0 spiro atoms. The molecule has 0 saturated heterocycles. The van der Waals surface area contributed by atoms with Crippen molar-refractivity contribution < 1.29 is 8.78 Å². The Morgan fingerprint density at radius 3 is 1.75 bits per heavy atom. The minimum Gasteiger partial charge on any atom is -0.228 e. The summed E-state index contributed by atoms with van der Waals surface area (Å²) >= 11 is 0. The van der Waals surface area contributed by atoms with Crippen LogP contribution in [0.3, 0.4) is 0 Å². The second-order valence-electron chi connectivity index (χ2n) is 6.09. The highest BCUT2D eigenvalue weighted by Crippen LogP contribution is 2.29. The van der Waals surface area contributed by atoms with Gasteiger partial charge in [0, 0.05) is 11.1 Å². The lowest BCUT2D eigenvalue weighted by Crippen LogP contribution is -2.00. The molecule has 4 aromatic rings. The van der Waals surface area contributed by atoms with Crippen LogP contribution in [-0.2, 0) is 0 Å². The van der Waals surface area contributed by atoms with E-state index in [9.17, 15) is 8.78 Å².